The Bertz CT molecular complexity index is 853. The minimum Gasteiger partial charge on any atom is -0.310 e. The van der Waals surface area contributed by atoms with Crippen LogP contribution in [0.3, 0.4) is 0 Å². The van der Waals surface area contributed by atoms with E-state index in [9.17, 15) is 4.79 Å². The molecule has 0 radical (unpaired) electrons. The molecule has 25 heavy (non-hydrogen) atoms. The normalized spacial score (nSPS) is 10.6. The summed E-state index contributed by atoms with van der Waals surface area (Å²) < 4.78 is 1.97. The maximum absolute atomic E-state index is 12.1. The van der Waals surface area contributed by atoms with E-state index in [1.54, 1.807) is 24.5 Å². The first kappa shape index (κ1) is 17.4. The number of nitrogens with zero attached hydrogens (tertiary/aromatic N) is 5. The Morgan fingerprint density at radius 3 is 2.72 bits per heavy atom. The molecule has 0 aliphatic rings. The van der Waals surface area contributed by atoms with Gasteiger partial charge in [0.2, 0.25) is 5.91 Å². The Kier molecular flexibility index (Phi) is 5.62. The largest absolute Gasteiger partial charge is 0.310 e. The molecule has 0 bridgehead atoms. The SMILES string of the molecule is CCn1c(SCC(=O)Nc2ccc(Cl)cn2)nnc1-c1ccncc1. The van der Waals surface area contributed by atoms with Gasteiger partial charge >= 0.3 is 0 Å². The molecule has 3 heterocycles. The van der Waals surface area contributed by atoms with Crippen LogP contribution in [-0.4, -0.2) is 36.4 Å². The van der Waals surface area contributed by atoms with Crippen molar-refractivity contribution in [3.05, 3.63) is 47.9 Å². The molecule has 0 aliphatic carbocycles. The predicted molar refractivity (Wildman–Crippen MR) is 97.5 cm³/mol. The van der Waals surface area contributed by atoms with Crippen LogP contribution in [0.25, 0.3) is 11.4 Å². The lowest BCUT2D eigenvalue weighted by Gasteiger charge is -2.07. The summed E-state index contributed by atoms with van der Waals surface area (Å²) in [6.07, 6.45) is 4.91. The fourth-order valence-electron chi connectivity index (χ4n) is 2.15. The molecule has 0 fully saturated rings. The van der Waals surface area contributed by atoms with Crippen molar-refractivity contribution in [1.29, 1.82) is 0 Å². The smallest absolute Gasteiger partial charge is 0.236 e. The molecule has 1 amide bonds. The van der Waals surface area contributed by atoms with Crippen LogP contribution in [0, 0.1) is 0 Å². The second kappa shape index (κ2) is 8.09. The maximum Gasteiger partial charge on any atom is 0.236 e. The number of hydrogen-bond acceptors (Lipinski definition) is 6. The van der Waals surface area contributed by atoms with Crippen LogP contribution in [0.2, 0.25) is 5.02 Å². The standard InChI is InChI=1S/C16H15ClN6OS/c1-2-23-15(11-5-7-18-8-6-11)21-22-16(23)25-10-14(24)20-13-4-3-12(17)9-19-13/h3-9H,2,10H2,1H3,(H,19,20,24). The highest BCUT2D eigenvalue weighted by molar-refractivity contribution is 7.99. The molecule has 9 heteroatoms. The van der Waals surface area contributed by atoms with E-state index < -0.39 is 0 Å². The first-order chi connectivity index (χ1) is 12.2. The minimum atomic E-state index is -0.170. The average molecular weight is 375 g/mol. The second-order valence-corrected chi connectivity index (χ2v) is 6.36. The van der Waals surface area contributed by atoms with E-state index in [0.29, 0.717) is 22.5 Å². The van der Waals surface area contributed by atoms with Crippen molar-refractivity contribution < 1.29 is 4.79 Å². The number of hydrogen-bond donors (Lipinski definition) is 1. The number of carbonyl (C=O) groups excluding carboxylic acids is 1. The molecule has 128 valence electrons. The highest BCUT2D eigenvalue weighted by Gasteiger charge is 2.14. The highest BCUT2D eigenvalue weighted by atomic mass is 35.5. The number of rotatable bonds is 6. The van der Waals surface area contributed by atoms with Gasteiger partial charge in [0.1, 0.15) is 5.82 Å². The molecule has 3 rings (SSSR count). The van der Waals surface area contributed by atoms with E-state index in [0.717, 1.165) is 11.4 Å². The third-order valence-electron chi connectivity index (χ3n) is 3.30. The molecule has 0 atom stereocenters. The van der Waals surface area contributed by atoms with Gasteiger partial charge < -0.3 is 9.88 Å². The molecule has 0 saturated carbocycles. The van der Waals surface area contributed by atoms with E-state index in [1.807, 2.05) is 23.6 Å². The lowest BCUT2D eigenvalue weighted by Crippen LogP contribution is -2.15. The molecule has 1 N–H and O–H groups in total. The summed E-state index contributed by atoms with van der Waals surface area (Å²) >= 11 is 7.10. The molecule has 3 aromatic rings. The van der Waals surface area contributed by atoms with Gasteiger partial charge in [0.25, 0.3) is 0 Å². The van der Waals surface area contributed by atoms with Crippen LogP contribution in [-0.2, 0) is 11.3 Å². The van der Waals surface area contributed by atoms with Gasteiger partial charge in [0.15, 0.2) is 11.0 Å². The van der Waals surface area contributed by atoms with Crippen LogP contribution in [0.4, 0.5) is 5.82 Å². The molecule has 0 spiro atoms. The van der Waals surface area contributed by atoms with Crippen molar-refractivity contribution in [2.75, 3.05) is 11.1 Å². The van der Waals surface area contributed by atoms with Gasteiger partial charge in [0, 0.05) is 30.7 Å². The summed E-state index contributed by atoms with van der Waals surface area (Å²) in [5, 5.41) is 12.4. The van der Waals surface area contributed by atoms with E-state index in [1.165, 1.54) is 18.0 Å². The van der Waals surface area contributed by atoms with Crippen LogP contribution >= 0.6 is 23.4 Å². The predicted octanol–water partition coefficient (Wildman–Crippen LogP) is 3.14. The second-order valence-electron chi connectivity index (χ2n) is 4.98. The summed E-state index contributed by atoms with van der Waals surface area (Å²) in [7, 11) is 0. The van der Waals surface area contributed by atoms with Crippen molar-refractivity contribution in [1.82, 2.24) is 24.7 Å². The van der Waals surface area contributed by atoms with Gasteiger partial charge in [-0.1, -0.05) is 23.4 Å². The molecule has 7 nitrogen and oxygen atoms in total. The number of anilines is 1. The molecular weight excluding hydrogens is 360 g/mol. The van der Waals surface area contributed by atoms with Crippen LogP contribution < -0.4 is 5.32 Å². The minimum absolute atomic E-state index is 0.170. The van der Waals surface area contributed by atoms with E-state index in [-0.39, 0.29) is 11.7 Å². The highest BCUT2D eigenvalue weighted by Crippen LogP contribution is 2.23. The number of halogens is 1. The zero-order valence-corrected chi connectivity index (χ0v) is 15.0. The van der Waals surface area contributed by atoms with Gasteiger partial charge in [-0.05, 0) is 31.2 Å². The summed E-state index contributed by atoms with van der Waals surface area (Å²) in [4.78, 5) is 20.1. The third-order valence-corrected chi connectivity index (χ3v) is 4.49. The zero-order chi connectivity index (χ0) is 17.6. The number of thioether (sulfide) groups is 1. The number of carbonyl (C=O) groups is 1. The number of pyridine rings is 2. The van der Waals surface area contributed by atoms with Gasteiger partial charge in [-0.25, -0.2) is 4.98 Å². The number of aromatic nitrogens is 5. The van der Waals surface area contributed by atoms with Gasteiger partial charge in [-0.3, -0.25) is 9.78 Å². The number of amides is 1. The van der Waals surface area contributed by atoms with E-state index in [2.05, 4.69) is 25.5 Å². The van der Waals surface area contributed by atoms with Gasteiger partial charge in [-0.15, -0.1) is 10.2 Å². The first-order valence-electron chi connectivity index (χ1n) is 7.55. The van der Waals surface area contributed by atoms with Crippen molar-refractivity contribution in [3.63, 3.8) is 0 Å². The Morgan fingerprint density at radius 2 is 2.04 bits per heavy atom. The molecule has 0 aromatic carbocycles. The molecular formula is C16H15ClN6OS. The third kappa shape index (κ3) is 4.34. The number of nitrogens with one attached hydrogen (secondary N) is 1. The quantitative estimate of drug-likeness (QED) is 0.667. The lowest BCUT2D eigenvalue weighted by atomic mass is 10.2. The lowest BCUT2D eigenvalue weighted by molar-refractivity contribution is -0.113. The summed E-state index contributed by atoms with van der Waals surface area (Å²) in [5.41, 5.74) is 0.936. The Labute approximate surface area is 153 Å². The molecule has 3 aromatic heterocycles. The summed E-state index contributed by atoms with van der Waals surface area (Å²) in [5.74, 6) is 1.26. The average Bonchev–Trinajstić information content (AvgIpc) is 3.05. The van der Waals surface area contributed by atoms with E-state index >= 15 is 0 Å². The van der Waals surface area contributed by atoms with Crippen molar-refractivity contribution >= 4 is 35.1 Å². The van der Waals surface area contributed by atoms with E-state index in [4.69, 9.17) is 11.6 Å². The Balaban J connectivity index is 1.66. The van der Waals surface area contributed by atoms with Gasteiger partial charge in [0.05, 0.1) is 10.8 Å². The zero-order valence-electron chi connectivity index (χ0n) is 13.4. The van der Waals surface area contributed by atoms with Gasteiger partial charge in [-0.2, -0.15) is 0 Å². The van der Waals surface area contributed by atoms with Crippen molar-refractivity contribution in [3.8, 4) is 11.4 Å². The summed E-state index contributed by atoms with van der Waals surface area (Å²) in [6, 6.07) is 7.08. The fraction of sp³-hybridized carbons (Fsp3) is 0.188. The Morgan fingerprint density at radius 1 is 1.24 bits per heavy atom. The summed E-state index contributed by atoms with van der Waals surface area (Å²) in [6.45, 7) is 2.71. The topological polar surface area (TPSA) is 85.6 Å². The van der Waals surface area contributed by atoms with Crippen molar-refractivity contribution in [2.45, 2.75) is 18.6 Å². The van der Waals surface area contributed by atoms with Crippen molar-refractivity contribution in [2.24, 2.45) is 0 Å². The molecule has 0 aliphatic heterocycles. The van der Waals surface area contributed by atoms with Crippen LogP contribution in [0.5, 0.6) is 0 Å². The maximum atomic E-state index is 12.1. The molecule has 0 unspecified atom stereocenters. The van der Waals surface area contributed by atoms with Crippen LogP contribution in [0.15, 0.2) is 48.0 Å². The molecule has 0 saturated heterocycles. The Hall–Kier alpha value is -2.45. The monoisotopic (exact) mass is 374 g/mol. The fourth-order valence-corrected chi connectivity index (χ4v) is 3.07. The first-order valence-corrected chi connectivity index (χ1v) is 8.91. The van der Waals surface area contributed by atoms with Crippen LogP contribution in [0.1, 0.15) is 6.92 Å².